The van der Waals surface area contributed by atoms with Gasteiger partial charge < -0.3 is 10.1 Å². The molecule has 0 bridgehead atoms. The van der Waals surface area contributed by atoms with E-state index in [-0.39, 0.29) is 13.0 Å². The molecule has 4 unspecified atom stereocenters. The predicted molar refractivity (Wildman–Crippen MR) is 141 cm³/mol. The van der Waals surface area contributed by atoms with Crippen molar-refractivity contribution in [3.63, 3.8) is 0 Å². The average Bonchev–Trinajstić information content (AvgIpc) is 3.60. The second-order valence-corrected chi connectivity index (χ2v) is 10.0. The number of imide groups is 1. The second kappa shape index (κ2) is 9.49. The topological polar surface area (TPSA) is 139 Å². The minimum atomic E-state index is -1.77. The summed E-state index contributed by atoms with van der Waals surface area (Å²) in [5, 5.41) is 24.6. The molecule has 2 saturated heterocycles. The molecule has 2 fully saturated rings. The Hall–Kier alpha value is -4.81. The number of carbonyl (C=O) groups is 3. The van der Waals surface area contributed by atoms with Gasteiger partial charge in [0.05, 0.1) is 23.5 Å². The van der Waals surface area contributed by atoms with E-state index in [0.717, 1.165) is 22.2 Å². The number of rotatable bonds is 7. The van der Waals surface area contributed by atoms with Crippen molar-refractivity contribution < 1.29 is 19.5 Å². The molecule has 0 aliphatic carbocycles. The summed E-state index contributed by atoms with van der Waals surface area (Å²) >= 11 is 0. The molecule has 0 saturated carbocycles. The SMILES string of the molecule is N#Cc1ccccc1C1NC(Cc2c[nH]c3ccccc23)(C(=O)O)C2C(=O)N(CCc3ccccn3)C(=O)C12. The number of pyridine rings is 1. The number of aliphatic carboxylic acids is 1. The first-order valence-corrected chi connectivity index (χ1v) is 12.7. The Morgan fingerprint density at radius 3 is 2.59 bits per heavy atom. The third-order valence-corrected chi connectivity index (χ3v) is 8.01. The van der Waals surface area contributed by atoms with Gasteiger partial charge in [-0.15, -0.1) is 0 Å². The van der Waals surface area contributed by atoms with Crippen LogP contribution in [0.15, 0.2) is 79.1 Å². The Balaban J connectivity index is 1.45. The summed E-state index contributed by atoms with van der Waals surface area (Å²) in [5.74, 6) is -4.30. The van der Waals surface area contributed by atoms with Crippen LogP contribution < -0.4 is 5.32 Å². The number of likely N-dealkylation sites (tertiary alicyclic amines) is 1. The lowest BCUT2D eigenvalue weighted by Gasteiger charge is -2.31. The molecule has 4 atom stereocenters. The molecule has 194 valence electrons. The zero-order valence-electron chi connectivity index (χ0n) is 20.9. The number of nitrogens with zero attached hydrogens (tertiary/aromatic N) is 3. The van der Waals surface area contributed by atoms with Crippen LogP contribution in [0.4, 0.5) is 0 Å². The quantitative estimate of drug-likeness (QED) is 0.319. The van der Waals surface area contributed by atoms with E-state index >= 15 is 0 Å². The number of fused-ring (bicyclic) bond motifs is 2. The lowest BCUT2D eigenvalue weighted by molar-refractivity contribution is -0.151. The number of nitriles is 1. The number of hydrogen-bond acceptors (Lipinski definition) is 6. The van der Waals surface area contributed by atoms with Gasteiger partial charge in [0, 0.05) is 54.4 Å². The number of hydrogen-bond donors (Lipinski definition) is 3. The van der Waals surface area contributed by atoms with E-state index in [1.54, 1.807) is 42.7 Å². The highest BCUT2D eigenvalue weighted by Crippen LogP contribution is 2.50. The Labute approximate surface area is 224 Å². The summed E-state index contributed by atoms with van der Waals surface area (Å²) in [6.07, 6.45) is 3.73. The first kappa shape index (κ1) is 24.5. The molecular weight excluding hydrogens is 494 g/mol. The first-order chi connectivity index (χ1) is 18.9. The molecule has 2 aromatic carbocycles. The van der Waals surface area contributed by atoms with E-state index in [9.17, 15) is 24.8 Å². The number of carbonyl (C=O) groups excluding carboxylic acids is 2. The first-order valence-electron chi connectivity index (χ1n) is 12.7. The maximum Gasteiger partial charge on any atom is 0.325 e. The summed E-state index contributed by atoms with van der Waals surface area (Å²) in [7, 11) is 0. The van der Waals surface area contributed by atoms with Crippen molar-refractivity contribution in [3.05, 3.63) is 102 Å². The van der Waals surface area contributed by atoms with Crippen LogP contribution in [0.25, 0.3) is 10.9 Å². The van der Waals surface area contributed by atoms with Crippen LogP contribution in [0.1, 0.15) is 28.4 Å². The Kier molecular flexibility index (Phi) is 5.97. The molecule has 2 amide bonds. The number of H-pyrrole nitrogens is 1. The number of para-hydroxylation sites is 1. The maximum atomic E-state index is 14.0. The minimum Gasteiger partial charge on any atom is -0.480 e. The Morgan fingerprint density at radius 1 is 1.05 bits per heavy atom. The lowest BCUT2D eigenvalue weighted by atomic mass is 9.76. The van der Waals surface area contributed by atoms with Crippen LogP contribution >= 0.6 is 0 Å². The van der Waals surface area contributed by atoms with E-state index < -0.39 is 41.2 Å². The summed E-state index contributed by atoms with van der Waals surface area (Å²) < 4.78 is 0. The fourth-order valence-corrected chi connectivity index (χ4v) is 6.21. The normalized spacial score (nSPS) is 24.2. The van der Waals surface area contributed by atoms with Crippen molar-refractivity contribution in [2.75, 3.05) is 6.54 Å². The standard InChI is InChI=1S/C30H25N5O4/c31-16-18-7-1-2-10-22(18)26-24-25(28(37)35(27(24)36)14-12-20-8-5-6-13-32-20)30(34-26,29(38)39)15-19-17-33-23-11-4-3-9-21(19)23/h1-11,13,17,24-26,33-34H,12,14-15H2,(H,38,39). The van der Waals surface area contributed by atoms with Gasteiger partial charge in [-0.1, -0.05) is 42.5 Å². The molecule has 2 aliphatic rings. The summed E-state index contributed by atoms with van der Waals surface area (Å²) in [4.78, 5) is 49.7. The largest absolute Gasteiger partial charge is 0.480 e. The van der Waals surface area contributed by atoms with E-state index in [4.69, 9.17) is 0 Å². The summed E-state index contributed by atoms with van der Waals surface area (Å²) in [6.45, 7) is 0.0943. The highest BCUT2D eigenvalue weighted by atomic mass is 16.4. The third-order valence-electron chi connectivity index (χ3n) is 8.01. The predicted octanol–water partition coefficient (Wildman–Crippen LogP) is 2.99. The van der Waals surface area contributed by atoms with Crippen LogP contribution in [-0.2, 0) is 27.2 Å². The number of aromatic amines is 1. The zero-order valence-corrected chi connectivity index (χ0v) is 20.9. The highest BCUT2D eigenvalue weighted by Gasteiger charge is 2.68. The van der Waals surface area contributed by atoms with Crippen LogP contribution in [0, 0.1) is 23.2 Å². The number of carboxylic acid groups (broad SMARTS) is 1. The molecule has 2 aromatic heterocycles. The summed E-state index contributed by atoms with van der Waals surface area (Å²) in [6, 6.07) is 21.1. The van der Waals surface area contributed by atoms with Crippen molar-refractivity contribution >= 4 is 28.7 Å². The molecule has 9 heteroatoms. The van der Waals surface area contributed by atoms with E-state index in [0.29, 0.717) is 17.5 Å². The van der Waals surface area contributed by atoms with Crippen LogP contribution in [0.3, 0.4) is 0 Å². The molecule has 39 heavy (non-hydrogen) atoms. The van der Waals surface area contributed by atoms with Crippen molar-refractivity contribution in [2.45, 2.75) is 24.4 Å². The maximum absolute atomic E-state index is 14.0. The molecule has 6 rings (SSSR count). The van der Waals surface area contributed by atoms with Crippen molar-refractivity contribution in [3.8, 4) is 6.07 Å². The van der Waals surface area contributed by atoms with Crippen molar-refractivity contribution in [1.82, 2.24) is 20.2 Å². The fraction of sp³-hybridized carbons (Fsp3) is 0.233. The number of amides is 2. The molecule has 2 aliphatic heterocycles. The van der Waals surface area contributed by atoms with Crippen LogP contribution in [0.5, 0.6) is 0 Å². The zero-order chi connectivity index (χ0) is 27.1. The van der Waals surface area contributed by atoms with Gasteiger partial charge in [-0.05, 0) is 35.4 Å². The van der Waals surface area contributed by atoms with Gasteiger partial charge in [-0.2, -0.15) is 5.26 Å². The minimum absolute atomic E-state index is 0.0220. The smallest absolute Gasteiger partial charge is 0.325 e. The van der Waals surface area contributed by atoms with E-state index in [2.05, 4.69) is 21.4 Å². The summed E-state index contributed by atoms with van der Waals surface area (Å²) in [5.41, 5.74) is 1.36. The Morgan fingerprint density at radius 2 is 1.82 bits per heavy atom. The lowest BCUT2D eigenvalue weighted by Crippen LogP contribution is -2.57. The molecule has 4 aromatic rings. The number of benzene rings is 2. The molecule has 4 heterocycles. The number of carboxylic acids is 1. The van der Waals surface area contributed by atoms with Gasteiger partial charge in [-0.3, -0.25) is 29.6 Å². The van der Waals surface area contributed by atoms with Gasteiger partial charge in [-0.25, -0.2) is 0 Å². The highest BCUT2D eigenvalue weighted by molar-refractivity contribution is 6.09. The van der Waals surface area contributed by atoms with Crippen LogP contribution in [-0.4, -0.2) is 49.8 Å². The van der Waals surface area contributed by atoms with Gasteiger partial charge in [0.15, 0.2) is 0 Å². The van der Waals surface area contributed by atoms with Crippen LogP contribution in [0.2, 0.25) is 0 Å². The average molecular weight is 520 g/mol. The monoisotopic (exact) mass is 519 g/mol. The van der Waals surface area contributed by atoms with Gasteiger partial charge >= 0.3 is 5.97 Å². The number of aromatic nitrogens is 2. The Bertz CT molecular complexity index is 1640. The van der Waals surface area contributed by atoms with Gasteiger partial charge in [0.2, 0.25) is 11.8 Å². The molecule has 3 N–H and O–H groups in total. The van der Waals surface area contributed by atoms with Gasteiger partial charge in [0.25, 0.3) is 0 Å². The molecule has 0 radical (unpaired) electrons. The molecule has 0 spiro atoms. The van der Waals surface area contributed by atoms with Gasteiger partial charge in [0.1, 0.15) is 5.54 Å². The van der Waals surface area contributed by atoms with Crippen molar-refractivity contribution in [2.24, 2.45) is 11.8 Å². The third kappa shape index (κ3) is 3.88. The molecule has 9 nitrogen and oxygen atoms in total. The molecular formula is C30H25N5O4. The van der Waals surface area contributed by atoms with E-state index in [1.807, 2.05) is 36.4 Å². The van der Waals surface area contributed by atoms with E-state index in [1.165, 1.54) is 4.90 Å². The fourth-order valence-electron chi connectivity index (χ4n) is 6.21. The van der Waals surface area contributed by atoms with Crippen molar-refractivity contribution in [1.29, 1.82) is 5.26 Å². The number of nitrogens with one attached hydrogen (secondary N) is 2. The second-order valence-electron chi connectivity index (χ2n) is 10.0.